The fraction of sp³-hybridized carbons (Fsp3) is 0.118. The third kappa shape index (κ3) is 15.3. The molecule has 0 bridgehead atoms. The van der Waals surface area contributed by atoms with Crippen molar-refractivity contribution < 1.29 is 44.3 Å². The van der Waals surface area contributed by atoms with E-state index in [9.17, 15) is 0 Å². The van der Waals surface area contributed by atoms with Crippen molar-refractivity contribution in [2.75, 3.05) is 0 Å². The molecule has 0 saturated carbocycles. The monoisotopic (exact) mass is 426 g/mol. The summed E-state index contributed by atoms with van der Waals surface area (Å²) < 4.78 is 37.5. The van der Waals surface area contributed by atoms with Crippen LogP contribution in [0.1, 0.15) is 11.1 Å². The van der Waals surface area contributed by atoms with Gasteiger partial charge in [0.05, 0.1) is 0 Å². The van der Waals surface area contributed by atoms with Crippen molar-refractivity contribution in [3.63, 3.8) is 0 Å². The summed E-state index contributed by atoms with van der Waals surface area (Å²) in [5.41, 5.74) is 2.88. The van der Waals surface area contributed by atoms with Gasteiger partial charge in [0.2, 0.25) is 0 Å². The first-order chi connectivity index (χ1) is 11.3. The summed E-state index contributed by atoms with van der Waals surface area (Å²) in [5, 5.41) is 1.45. The maximum Gasteiger partial charge on any atom is 0 e. The molecule has 2 aromatic rings. The van der Waals surface area contributed by atoms with Gasteiger partial charge < -0.3 is 0 Å². The fourth-order valence-electron chi connectivity index (χ4n) is 1.41. The first kappa shape index (κ1) is 33.9. The second-order valence-corrected chi connectivity index (χ2v) is 5.21. The molecule has 1 aromatic carbocycles. The van der Waals surface area contributed by atoms with Crippen molar-refractivity contribution in [2.45, 2.75) is 13.8 Å². The number of rotatable bonds is 1. The van der Waals surface area contributed by atoms with Crippen molar-refractivity contribution in [1.82, 2.24) is 0 Å². The molecule has 122 valence electrons. The van der Waals surface area contributed by atoms with E-state index in [4.69, 9.17) is 23.3 Å². The molecular formula is C17H13MoO5P. The average Bonchev–Trinajstić information content (AvgIpc) is 3.03. The molecule has 0 aliphatic carbocycles. The molecule has 0 atom stereocenters. The Morgan fingerprint density at radius 1 is 0.625 bits per heavy atom. The van der Waals surface area contributed by atoms with Crippen LogP contribution in [0, 0.1) is 47.1 Å². The zero-order valence-electron chi connectivity index (χ0n) is 12.9. The van der Waals surface area contributed by atoms with E-state index in [0.717, 1.165) is 0 Å². The van der Waals surface area contributed by atoms with Crippen molar-refractivity contribution in [1.29, 1.82) is 0 Å². The van der Waals surface area contributed by atoms with Crippen molar-refractivity contribution in [3.8, 4) is 5.30 Å². The van der Waals surface area contributed by atoms with E-state index in [1.165, 1.54) is 16.4 Å². The standard InChI is InChI=1S/C12H13P.5CO.Mo/c1-10-8-13(9-11(10)2)12-6-4-3-5-7-12;5*1-2;/h3-9H,1-2H3;;;;;;. The largest absolute Gasteiger partial charge is 0 e. The molecule has 1 aromatic heterocycles. The Kier molecular flexibility index (Phi) is 41.5. The van der Waals surface area contributed by atoms with Crippen LogP contribution in [0.25, 0.3) is 5.30 Å². The van der Waals surface area contributed by atoms with E-state index in [1.54, 1.807) is 0 Å². The maximum atomic E-state index is 7.50. The van der Waals surface area contributed by atoms with Gasteiger partial charge in [0.1, 0.15) is 0 Å². The van der Waals surface area contributed by atoms with E-state index >= 15 is 0 Å². The van der Waals surface area contributed by atoms with Gasteiger partial charge in [-0.15, -0.1) is 0 Å². The minimum Gasteiger partial charge on any atom is 0 e. The van der Waals surface area contributed by atoms with Gasteiger partial charge in [-0.1, -0.05) is 37.9 Å². The fourth-order valence-corrected chi connectivity index (χ4v) is 3.54. The van der Waals surface area contributed by atoms with Crippen LogP contribution in [0.3, 0.4) is 0 Å². The Hall–Kier alpha value is -1.61. The van der Waals surface area contributed by atoms with E-state index < -0.39 is 0 Å². The summed E-state index contributed by atoms with van der Waals surface area (Å²) in [4.78, 5) is 0. The van der Waals surface area contributed by atoms with Crippen LogP contribution in [0.4, 0.5) is 0 Å². The van der Waals surface area contributed by atoms with Gasteiger partial charge in [-0.25, -0.2) is 0 Å². The molecule has 0 fully saturated rings. The second-order valence-electron chi connectivity index (χ2n) is 3.37. The van der Waals surface area contributed by atoms with Gasteiger partial charge in [0, 0.05) is 21.1 Å². The van der Waals surface area contributed by atoms with Gasteiger partial charge in [-0.2, -0.15) is 0 Å². The molecule has 0 saturated heterocycles. The molecule has 5 nitrogen and oxygen atoms in total. The van der Waals surface area contributed by atoms with Crippen LogP contribution in [0.5, 0.6) is 0 Å². The summed E-state index contributed by atoms with van der Waals surface area (Å²) in [5.74, 6) is 4.78. The number of benzene rings is 1. The summed E-state index contributed by atoms with van der Waals surface area (Å²) in [6.45, 7) is 26.9. The molecule has 0 N–H and O–H groups in total. The SMILES string of the molecule is Cc1cp(-c2ccccc2)cc1C.[C-]#[O+].[C-]#[O+].[C-]#[O+].[C-]#[O+].[C-]#[O+].[Mo]. The summed E-state index contributed by atoms with van der Waals surface area (Å²) in [6, 6.07) is 10.7. The molecule has 0 aliphatic rings. The summed E-state index contributed by atoms with van der Waals surface area (Å²) in [7, 11) is -0.143. The molecule has 0 spiro atoms. The number of hydrogen-bond acceptors (Lipinski definition) is 0. The topological polar surface area (TPSA) is 99.5 Å². The minimum absolute atomic E-state index is 0. The van der Waals surface area contributed by atoms with Gasteiger partial charge >= 0.3 is 56.5 Å². The van der Waals surface area contributed by atoms with E-state index in [1.807, 2.05) is 0 Å². The molecule has 0 aliphatic heterocycles. The zero-order chi connectivity index (χ0) is 19.3. The van der Waals surface area contributed by atoms with Crippen LogP contribution in [0.15, 0.2) is 41.9 Å². The Bertz CT molecular complexity index is 555. The smallest absolute Gasteiger partial charge is 0 e. The van der Waals surface area contributed by atoms with Gasteiger partial charge in [0.25, 0.3) is 0 Å². The Balaban J connectivity index is -0.0000000950. The molecule has 0 amide bonds. The van der Waals surface area contributed by atoms with Gasteiger partial charge in [0.15, 0.2) is 0 Å². The minimum atomic E-state index is -0.143. The Morgan fingerprint density at radius 3 is 1.21 bits per heavy atom. The molecule has 2 rings (SSSR count). The van der Waals surface area contributed by atoms with E-state index in [0.29, 0.717) is 0 Å². The third-order valence-corrected chi connectivity index (χ3v) is 4.57. The number of hydrogen-bond donors (Lipinski definition) is 0. The molecular weight excluding hydrogens is 411 g/mol. The zero-order valence-corrected chi connectivity index (χ0v) is 15.8. The van der Waals surface area contributed by atoms with Crippen molar-refractivity contribution >= 4 is 7.53 Å². The third-order valence-electron chi connectivity index (χ3n) is 2.34. The van der Waals surface area contributed by atoms with E-state index in [-0.39, 0.29) is 28.6 Å². The summed E-state index contributed by atoms with van der Waals surface area (Å²) >= 11 is 0. The van der Waals surface area contributed by atoms with Crippen molar-refractivity contribution in [3.05, 3.63) is 86.3 Å². The predicted molar refractivity (Wildman–Crippen MR) is 79.6 cm³/mol. The average molecular weight is 424 g/mol. The first-order valence-corrected chi connectivity index (χ1v) is 6.98. The maximum absolute atomic E-state index is 7.50. The van der Waals surface area contributed by atoms with Gasteiger partial charge in [-0.3, -0.25) is 0 Å². The predicted octanol–water partition coefficient (Wildman–Crippen LogP) is 4.09. The van der Waals surface area contributed by atoms with Crippen LogP contribution >= 0.6 is 7.53 Å². The van der Waals surface area contributed by atoms with Crippen LogP contribution < -0.4 is 0 Å². The van der Waals surface area contributed by atoms with Gasteiger partial charge in [-0.05, 0) is 41.9 Å². The summed E-state index contributed by atoms with van der Waals surface area (Å²) in [6.07, 6.45) is 0. The normalized spacial score (nSPS) is 6.00. The van der Waals surface area contributed by atoms with Crippen LogP contribution in [-0.2, 0) is 44.3 Å². The second kappa shape index (κ2) is 29.4. The molecule has 24 heavy (non-hydrogen) atoms. The van der Waals surface area contributed by atoms with E-state index in [2.05, 4.69) is 89.0 Å². The molecule has 0 unspecified atom stereocenters. The van der Waals surface area contributed by atoms with Crippen molar-refractivity contribution in [2.24, 2.45) is 0 Å². The first-order valence-electron chi connectivity index (χ1n) is 5.50. The molecule has 0 radical (unpaired) electrons. The Labute approximate surface area is 157 Å². The molecule has 1 heterocycles. The van der Waals surface area contributed by atoms with Crippen LogP contribution in [0.2, 0.25) is 0 Å². The number of aryl methyl sites for hydroxylation is 2. The molecule has 7 heteroatoms. The Morgan fingerprint density at radius 2 is 0.917 bits per heavy atom. The van der Waals surface area contributed by atoms with Crippen LogP contribution in [-0.4, -0.2) is 0 Å². The quantitative estimate of drug-likeness (QED) is 0.374.